The molecule has 0 radical (unpaired) electrons. The van der Waals surface area contributed by atoms with Gasteiger partial charge in [-0.3, -0.25) is 4.79 Å². The minimum absolute atomic E-state index is 0.0110. The maximum atomic E-state index is 12.6. The van der Waals surface area contributed by atoms with Crippen LogP contribution in [0, 0.1) is 0 Å². The van der Waals surface area contributed by atoms with Crippen LogP contribution < -0.4 is 20.3 Å². The molecule has 2 N–H and O–H groups in total. The molecule has 4 rings (SSSR count). The fourth-order valence-corrected chi connectivity index (χ4v) is 3.79. The number of carbonyl (C=O) groups is 1. The molecule has 1 saturated heterocycles. The van der Waals surface area contributed by atoms with Gasteiger partial charge in [0, 0.05) is 44.0 Å². The lowest BCUT2D eigenvalue weighted by Gasteiger charge is -2.41. The lowest BCUT2D eigenvalue weighted by molar-refractivity contribution is 0.0652. The molecule has 0 bridgehead atoms. The van der Waals surface area contributed by atoms with Gasteiger partial charge < -0.3 is 25.0 Å². The van der Waals surface area contributed by atoms with Crippen LogP contribution in [0.15, 0.2) is 18.2 Å². The monoisotopic (exact) mass is 345 g/mol. The van der Waals surface area contributed by atoms with Crippen LogP contribution in [0.4, 0.5) is 5.69 Å². The van der Waals surface area contributed by atoms with Crippen LogP contribution in [0.3, 0.4) is 0 Å². The third kappa shape index (κ3) is 3.60. The van der Waals surface area contributed by atoms with Crippen molar-refractivity contribution >= 4 is 11.6 Å². The van der Waals surface area contributed by atoms with Gasteiger partial charge in [-0.15, -0.1) is 0 Å². The molecule has 2 aliphatic heterocycles. The number of benzene rings is 1. The third-order valence-electron chi connectivity index (χ3n) is 5.58. The highest BCUT2D eigenvalue weighted by Crippen LogP contribution is 2.31. The molecule has 2 fully saturated rings. The molecule has 1 aromatic carbocycles. The fourth-order valence-electron chi connectivity index (χ4n) is 3.79. The minimum Gasteiger partial charge on any atom is -0.490 e. The van der Waals surface area contributed by atoms with Crippen LogP contribution >= 0.6 is 0 Å². The number of hydrogen-bond donors (Lipinski definition) is 2. The summed E-state index contributed by atoms with van der Waals surface area (Å²) in [6.45, 7) is 3.21. The van der Waals surface area contributed by atoms with Crippen molar-refractivity contribution < 1.29 is 14.3 Å². The van der Waals surface area contributed by atoms with Gasteiger partial charge >= 0.3 is 0 Å². The van der Waals surface area contributed by atoms with Gasteiger partial charge in [-0.25, -0.2) is 0 Å². The molecular formula is C19H27N3O3. The molecule has 136 valence electrons. The summed E-state index contributed by atoms with van der Waals surface area (Å²) in [5.74, 6) is 0.787. The zero-order valence-electron chi connectivity index (χ0n) is 14.8. The van der Waals surface area contributed by atoms with E-state index in [1.165, 1.54) is 0 Å². The molecule has 2 atom stereocenters. The summed E-state index contributed by atoms with van der Waals surface area (Å²) in [7, 11) is 2.04. The summed E-state index contributed by atoms with van der Waals surface area (Å²) in [6.07, 6.45) is 4.29. The van der Waals surface area contributed by atoms with Crippen molar-refractivity contribution in [1.29, 1.82) is 0 Å². The Bertz CT molecular complexity index is 630. The zero-order valence-corrected chi connectivity index (χ0v) is 14.8. The van der Waals surface area contributed by atoms with E-state index < -0.39 is 0 Å². The van der Waals surface area contributed by atoms with Gasteiger partial charge in [0.05, 0.1) is 12.2 Å². The minimum atomic E-state index is -0.0110. The Morgan fingerprint density at radius 3 is 2.68 bits per heavy atom. The quantitative estimate of drug-likeness (QED) is 0.867. The third-order valence-corrected chi connectivity index (χ3v) is 5.58. The Morgan fingerprint density at radius 2 is 1.92 bits per heavy atom. The molecule has 25 heavy (non-hydrogen) atoms. The summed E-state index contributed by atoms with van der Waals surface area (Å²) >= 11 is 0. The molecule has 1 aliphatic carbocycles. The zero-order chi connectivity index (χ0) is 17.2. The summed E-state index contributed by atoms with van der Waals surface area (Å²) in [6, 6.07) is 6.84. The highest BCUT2D eigenvalue weighted by atomic mass is 16.5. The van der Waals surface area contributed by atoms with E-state index in [1.807, 2.05) is 25.2 Å². The van der Waals surface area contributed by atoms with Gasteiger partial charge in [-0.1, -0.05) is 0 Å². The Balaban J connectivity index is 1.35. The van der Waals surface area contributed by atoms with E-state index in [4.69, 9.17) is 9.47 Å². The Labute approximate surface area is 148 Å². The van der Waals surface area contributed by atoms with Crippen LogP contribution in [0.5, 0.6) is 5.75 Å². The second-order valence-corrected chi connectivity index (χ2v) is 7.27. The summed E-state index contributed by atoms with van der Waals surface area (Å²) in [5.41, 5.74) is 1.72. The average Bonchev–Trinajstić information content (AvgIpc) is 2.64. The summed E-state index contributed by atoms with van der Waals surface area (Å²) < 4.78 is 11.1. The Morgan fingerprint density at radius 1 is 1.12 bits per heavy atom. The lowest BCUT2D eigenvalue weighted by Crippen LogP contribution is -2.59. The van der Waals surface area contributed by atoms with Crippen LogP contribution in [0.25, 0.3) is 0 Å². The SMILES string of the molecule is CN1CCOc2cc(C(=O)NC3CCC3NC3CCOCC3)ccc21. The van der Waals surface area contributed by atoms with Crippen molar-refractivity contribution in [2.24, 2.45) is 0 Å². The number of hydrogen-bond acceptors (Lipinski definition) is 5. The highest BCUT2D eigenvalue weighted by molar-refractivity contribution is 5.95. The second-order valence-electron chi connectivity index (χ2n) is 7.27. The number of fused-ring (bicyclic) bond motifs is 1. The smallest absolute Gasteiger partial charge is 0.251 e. The number of carbonyl (C=O) groups excluding carboxylic acids is 1. The predicted octanol–water partition coefficient (Wildman–Crippen LogP) is 1.54. The van der Waals surface area contributed by atoms with Crippen molar-refractivity contribution in [3.63, 3.8) is 0 Å². The van der Waals surface area contributed by atoms with Gasteiger partial charge in [0.15, 0.2) is 0 Å². The summed E-state index contributed by atoms with van der Waals surface area (Å²) in [5, 5.41) is 6.88. The summed E-state index contributed by atoms with van der Waals surface area (Å²) in [4.78, 5) is 14.8. The molecule has 6 nitrogen and oxygen atoms in total. The molecular weight excluding hydrogens is 318 g/mol. The van der Waals surface area contributed by atoms with Crippen molar-refractivity contribution in [1.82, 2.24) is 10.6 Å². The Kier molecular flexibility index (Phi) is 4.81. The molecule has 2 unspecified atom stereocenters. The first-order valence-corrected chi connectivity index (χ1v) is 9.33. The molecule has 0 aromatic heterocycles. The van der Waals surface area contributed by atoms with E-state index in [0.29, 0.717) is 24.3 Å². The van der Waals surface area contributed by atoms with Crippen molar-refractivity contribution in [3.05, 3.63) is 23.8 Å². The number of rotatable bonds is 4. The number of anilines is 1. The van der Waals surface area contributed by atoms with Crippen LogP contribution in [0.2, 0.25) is 0 Å². The van der Waals surface area contributed by atoms with Gasteiger partial charge in [0.25, 0.3) is 5.91 Å². The number of amides is 1. The number of likely N-dealkylation sites (N-methyl/N-ethyl adjacent to an activating group) is 1. The molecule has 6 heteroatoms. The van der Waals surface area contributed by atoms with Gasteiger partial charge in [0.1, 0.15) is 12.4 Å². The van der Waals surface area contributed by atoms with Crippen LogP contribution in [0.1, 0.15) is 36.0 Å². The predicted molar refractivity (Wildman–Crippen MR) is 96.5 cm³/mol. The fraction of sp³-hybridized carbons (Fsp3) is 0.632. The van der Waals surface area contributed by atoms with Crippen molar-refractivity contribution in [2.45, 2.75) is 43.8 Å². The largest absolute Gasteiger partial charge is 0.490 e. The first-order valence-electron chi connectivity index (χ1n) is 9.33. The van der Waals surface area contributed by atoms with E-state index in [1.54, 1.807) is 0 Å². The number of nitrogens with one attached hydrogen (secondary N) is 2. The second kappa shape index (κ2) is 7.22. The van der Waals surface area contributed by atoms with Crippen LogP contribution in [-0.4, -0.2) is 57.4 Å². The van der Waals surface area contributed by atoms with Gasteiger partial charge in [-0.2, -0.15) is 0 Å². The normalized spacial score (nSPS) is 26.4. The van der Waals surface area contributed by atoms with Crippen LogP contribution in [-0.2, 0) is 4.74 Å². The van der Waals surface area contributed by atoms with Gasteiger partial charge in [0.2, 0.25) is 0 Å². The van der Waals surface area contributed by atoms with Crippen molar-refractivity contribution in [2.75, 3.05) is 38.3 Å². The van der Waals surface area contributed by atoms with E-state index in [2.05, 4.69) is 15.5 Å². The molecule has 1 amide bonds. The van der Waals surface area contributed by atoms with E-state index in [9.17, 15) is 4.79 Å². The van der Waals surface area contributed by atoms with E-state index >= 15 is 0 Å². The van der Waals surface area contributed by atoms with E-state index in [0.717, 1.165) is 56.9 Å². The number of ether oxygens (including phenoxy) is 2. The van der Waals surface area contributed by atoms with Gasteiger partial charge in [-0.05, 0) is 43.9 Å². The molecule has 0 spiro atoms. The molecule has 2 heterocycles. The lowest BCUT2D eigenvalue weighted by atomic mass is 9.85. The topological polar surface area (TPSA) is 62.8 Å². The first-order chi connectivity index (χ1) is 12.2. The van der Waals surface area contributed by atoms with Crippen molar-refractivity contribution in [3.8, 4) is 5.75 Å². The van der Waals surface area contributed by atoms with E-state index in [-0.39, 0.29) is 11.9 Å². The average molecular weight is 345 g/mol. The first kappa shape index (κ1) is 16.7. The maximum Gasteiger partial charge on any atom is 0.251 e. The maximum absolute atomic E-state index is 12.6. The Hall–Kier alpha value is -1.79. The molecule has 1 saturated carbocycles. The molecule has 1 aromatic rings. The highest BCUT2D eigenvalue weighted by Gasteiger charge is 2.34. The molecule has 3 aliphatic rings. The standard InChI is InChI=1S/C19H27N3O3/c1-22-8-11-25-18-12-13(2-5-17(18)22)19(23)21-16-4-3-15(16)20-14-6-9-24-10-7-14/h2,5,12,14-16,20H,3-4,6-11H2,1H3,(H,21,23). The number of nitrogens with zero attached hydrogens (tertiary/aromatic N) is 1.